The fraction of sp³-hybridized carbons (Fsp3) is 0.370. The Morgan fingerprint density at radius 1 is 1.10 bits per heavy atom. The molecule has 2 aromatic carbocycles. The number of aliphatic hydroxyl groups excluding tert-OH is 1. The molecule has 1 aliphatic heterocycles. The van der Waals surface area contributed by atoms with Crippen LogP contribution < -0.4 is 10.1 Å². The number of rotatable bonds is 11. The molecule has 3 aromatic rings. The number of hydrogen-bond donors (Lipinski definition) is 3. The van der Waals surface area contributed by atoms with Crippen LogP contribution in [0.2, 0.25) is 0 Å². The highest BCUT2D eigenvalue weighted by Gasteiger charge is 2.52. The van der Waals surface area contributed by atoms with Crippen molar-refractivity contribution in [2.45, 2.75) is 54.1 Å². The molecule has 212 valence electrons. The number of thiazole rings is 1. The van der Waals surface area contributed by atoms with E-state index in [-0.39, 0.29) is 22.2 Å². The molecule has 0 spiro atoms. The highest BCUT2D eigenvalue weighted by molar-refractivity contribution is 7.92. The zero-order valence-electron chi connectivity index (χ0n) is 21.3. The summed E-state index contributed by atoms with van der Waals surface area (Å²) in [6.07, 6.45) is 2.75. The Balaban J connectivity index is 1.43. The van der Waals surface area contributed by atoms with E-state index in [2.05, 4.69) is 10.3 Å². The lowest BCUT2D eigenvalue weighted by Crippen LogP contribution is -2.52. The van der Waals surface area contributed by atoms with Crippen molar-refractivity contribution >= 4 is 38.2 Å². The molecule has 2 aliphatic rings. The van der Waals surface area contributed by atoms with Crippen molar-refractivity contribution in [3.05, 3.63) is 65.9 Å². The summed E-state index contributed by atoms with van der Waals surface area (Å²) >= 11 is 0.979. The molecule has 13 heteroatoms. The van der Waals surface area contributed by atoms with Crippen LogP contribution >= 0.6 is 11.3 Å². The first kappa shape index (κ1) is 28.2. The van der Waals surface area contributed by atoms with Gasteiger partial charge in [0.2, 0.25) is 5.06 Å². The molecule has 5 rings (SSSR count). The van der Waals surface area contributed by atoms with E-state index in [0.29, 0.717) is 55.3 Å². The van der Waals surface area contributed by atoms with Gasteiger partial charge in [0.05, 0.1) is 29.1 Å². The SMILES string of the molecule is O=C(O)C(OC1CCOCC1)(C(=O)Nc1ncc(Oc2cccc(CO)c2)s1)c1ccc(S(=O)(=O)C2CC2)cc1. The van der Waals surface area contributed by atoms with Gasteiger partial charge in [-0.05, 0) is 55.5 Å². The highest BCUT2D eigenvalue weighted by Crippen LogP contribution is 2.37. The number of carboxylic acids is 1. The van der Waals surface area contributed by atoms with Crippen LogP contribution in [0, 0.1) is 0 Å². The van der Waals surface area contributed by atoms with Gasteiger partial charge in [0, 0.05) is 18.8 Å². The Hall–Kier alpha value is -3.36. The summed E-state index contributed by atoms with van der Waals surface area (Å²) in [7, 11) is -3.51. The zero-order valence-corrected chi connectivity index (χ0v) is 22.9. The van der Waals surface area contributed by atoms with Crippen molar-refractivity contribution < 1.29 is 42.4 Å². The number of amides is 1. The number of ether oxygens (including phenoxy) is 3. The van der Waals surface area contributed by atoms with Crippen LogP contribution in [0.3, 0.4) is 0 Å². The van der Waals surface area contributed by atoms with Crippen molar-refractivity contribution in [3.8, 4) is 10.8 Å². The van der Waals surface area contributed by atoms with E-state index in [9.17, 15) is 28.2 Å². The van der Waals surface area contributed by atoms with E-state index < -0.39 is 38.7 Å². The minimum Gasteiger partial charge on any atom is -0.478 e. The maximum atomic E-state index is 13.7. The van der Waals surface area contributed by atoms with Gasteiger partial charge < -0.3 is 24.4 Å². The van der Waals surface area contributed by atoms with E-state index >= 15 is 0 Å². The third kappa shape index (κ3) is 5.88. The second-order valence-electron chi connectivity index (χ2n) is 9.53. The first-order valence-electron chi connectivity index (χ1n) is 12.7. The minimum atomic E-state index is -3.51. The third-order valence-electron chi connectivity index (χ3n) is 6.69. The van der Waals surface area contributed by atoms with Crippen LogP contribution in [0.15, 0.2) is 59.6 Å². The van der Waals surface area contributed by atoms with Crippen LogP contribution in [-0.2, 0) is 41.1 Å². The van der Waals surface area contributed by atoms with Crippen molar-refractivity contribution in [2.75, 3.05) is 18.5 Å². The molecule has 11 nitrogen and oxygen atoms in total. The lowest BCUT2D eigenvalue weighted by Gasteiger charge is -2.34. The van der Waals surface area contributed by atoms with Gasteiger partial charge in [-0.1, -0.05) is 35.6 Å². The molecule has 1 saturated carbocycles. The number of aliphatic carboxylic acids is 1. The Labute approximate surface area is 234 Å². The molecule has 0 radical (unpaired) electrons. The number of benzene rings is 2. The Bertz CT molecular complexity index is 1480. The standard InChI is InChI=1S/C27H28N2O9S2/c30-16-17-2-1-3-20(14-17)37-23-15-28-26(39-23)29-24(31)27(25(32)33,38-19-10-12-36-13-11-19)18-4-6-21(7-5-18)40(34,35)22-8-9-22/h1-7,14-15,19,22,30H,8-13,16H2,(H,32,33)(H,28,29,31). The normalized spacial score (nSPS) is 17.6. The molecule has 1 atom stereocenters. The van der Waals surface area contributed by atoms with Gasteiger partial charge in [-0.25, -0.2) is 18.2 Å². The van der Waals surface area contributed by atoms with Gasteiger partial charge in [-0.15, -0.1) is 0 Å². The fourth-order valence-corrected chi connectivity index (χ4v) is 6.73. The molecular formula is C27H28N2O9S2. The number of carbonyl (C=O) groups excluding carboxylic acids is 1. The van der Waals surface area contributed by atoms with E-state index in [1.165, 1.54) is 30.5 Å². The monoisotopic (exact) mass is 588 g/mol. The van der Waals surface area contributed by atoms with Gasteiger partial charge in [0.15, 0.2) is 15.0 Å². The number of carboxylic acid groups (broad SMARTS) is 1. The fourth-order valence-electron chi connectivity index (χ4n) is 4.39. The van der Waals surface area contributed by atoms with Crippen LogP contribution in [0.1, 0.15) is 36.8 Å². The predicted molar refractivity (Wildman–Crippen MR) is 144 cm³/mol. The number of hydrogen-bond acceptors (Lipinski definition) is 10. The topological polar surface area (TPSA) is 161 Å². The first-order valence-corrected chi connectivity index (χ1v) is 15.1. The molecule has 3 N–H and O–H groups in total. The molecule has 1 saturated heterocycles. The van der Waals surface area contributed by atoms with Crippen LogP contribution in [0.4, 0.5) is 5.13 Å². The van der Waals surface area contributed by atoms with Gasteiger partial charge in [-0.2, -0.15) is 0 Å². The largest absolute Gasteiger partial charge is 0.478 e. The second kappa shape index (κ2) is 11.6. The van der Waals surface area contributed by atoms with Crippen molar-refractivity contribution in [3.63, 3.8) is 0 Å². The van der Waals surface area contributed by atoms with Crippen LogP contribution in [-0.4, -0.2) is 60.1 Å². The molecule has 2 fully saturated rings. The number of sulfone groups is 1. The number of nitrogens with zero attached hydrogens (tertiary/aromatic N) is 1. The average Bonchev–Trinajstić information content (AvgIpc) is 3.74. The van der Waals surface area contributed by atoms with E-state index in [1.54, 1.807) is 24.3 Å². The maximum absolute atomic E-state index is 13.7. The third-order valence-corrected chi connectivity index (χ3v) is 9.76. The molecule has 2 heterocycles. The first-order chi connectivity index (χ1) is 19.2. The Morgan fingerprint density at radius 2 is 1.82 bits per heavy atom. The highest BCUT2D eigenvalue weighted by atomic mass is 32.2. The smallest absolute Gasteiger partial charge is 0.350 e. The number of anilines is 1. The molecule has 1 unspecified atom stereocenters. The summed E-state index contributed by atoms with van der Waals surface area (Å²) in [6, 6.07) is 12.1. The van der Waals surface area contributed by atoms with Crippen molar-refractivity contribution in [1.82, 2.24) is 4.98 Å². The summed E-state index contributed by atoms with van der Waals surface area (Å²) in [4.78, 5) is 30.8. The van der Waals surface area contributed by atoms with Crippen LogP contribution in [0.5, 0.6) is 10.8 Å². The average molecular weight is 589 g/mol. The Kier molecular flexibility index (Phi) is 8.19. The predicted octanol–water partition coefficient (Wildman–Crippen LogP) is 3.48. The van der Waals surface area contributed by atoms with Crippen molar-refractivity contribution in [2.24, 2.45) is 0 Å². The van der Waals surface area contributed by atoms with Crippen molar-refractivity contribution in [1.29, 1.82) is 0 Å². The van der Waals surface area contributed by atoms with E-state index in [1.807, 2.05) is 0 Å². The van der Waals surface area contributed by atoms with E-state index in [4.69, 9.17) is 14.2 Å². The Morgan fingerprint density at radius 3 is 2.48 bits per heavy atom. The number of carbonyl (C=O) groups is 2. The van der Waals surface area contributed by atoms with Gasteiger partial charge in [-0.3, -0.25) is 10.1 Å². The number of nitrogens with one attached hydrogen (secondary N) is 1. The van der Waals surface area contributed by atoms with Crippen LogP contribution in [0.25, 0.3) is 0 Å². The molecule has 0 bridgehead atoms. The quantitative estimate of drug-likeness (QED) is 0.283. The summed E-state index contributed by atoms with van der Waals surface area (Å²) in [6.45, 7) is 0.551. The molecule has 1 aliphatic carbocycles. The number of aliphatic hydroxyl groups is 1. The zero-order chi connectivity index (χ0) is 28.3. The molecular weight excluding hydrogens is 560 g/mol. The summed E-state index contributed by atoms with van der Waals surface area (Å²) in [5.41, 5.74) is -1.85. The van der Waals surface area contributed by atoms with Gasteiger partial charge >= 0.3 is 5.97 Å². The summed E-state index contributed by atoms with van der Waals surface area (Å²) in [5, 5.41) is 22.3. The molecule has 1 aromatic heterocycles. The van der Waals surface area contributed by atoms with Gasteiger partial charge in [0.25, 0.3) is 11.5 Å². The number of aromatic nitrogens is 1. The lowest BCUT2D eigenvalue weighted by atomic mass is 9.91. The minimum absolute atomic E-state index is 0.0208. The summed E-state index contributed by atoms with van der Waals surface area (Å²) in [5.74, 6) is -2.09. The second-order valence-corrected chi connectivity index (χ2v) is 12.8. The summed E-state index contributed by atoms with van der Waals surface area (Å²) < 4.78 is 42.5. The lowest BCUT2D eigenvalue weighted by molar-refractivity contribution is -0.186. The molecule has 1 amide bonds. The maximum Gasteiger partial charge on any atom is 0.350 e. The van der Waals surface area contributed by atoms with E-state index in [0.717, 1.165) is 11.3 Å². The molecule has 40 heavy (non-hydrogen) atoms. The van der Waals surface area contributed by atoms with Gasteiger partial charge in [0.1, 0.15) is 5.75 Å².